The molecule has 1 N–H and O–H groups in total. The van der Waals surface area contributed by atoms with Gasteiger partial charge in [-0.2, -0.15) is 5.10 Å². The van der Waals surface area contributed by atoms with E-state index in [2.05, 4.69) is 10.4 Å². The van der Waals surface area contributed by atoms with Crippen LogP contribution in [0.2, 0.25) is 0 Å². The molecule has 2 aliphatic carbocycles. The van der Waals surface area contributed by atoms with Crippen LogP contribution < -0.4 is 5.32 Å². The second-order valence-corrected chi connectivity index (χ2v) is 8.43. The minimum Gasteiger partial charge on any atom is -0.348 e. The Bertz CT molecular complexity index is 1110. The Morgan fingerprint density at radius 1 is 1.17 bits per heavy atom. The number of nitrogens with one attached hydrogen (secondary N) is 1. The fourth-order valence-electron chi connectivity index (χ4n) is 5.05. The molecule has 2 aliphatic rings. The zero-order valence-corrected chi connectivity index (χ0v) is 16.7. The Balaban J connectivity index is 1.47. The lowest BCUT2D eigenvalue weighted by molar-refractivity contribution is 0.0933. The monoisotopic (exact) mass is 407 g/mol. The van der Waals surface area contributed by atoms with Gasteiger partial charge in [0.1, 0.15) is 11.5 Å². The Hall–Kier alpha value is -3.02. The van der Waals surface area contributed by atoms with Crippen molar-refractivity contribution in [2.75, 3.05) is 0 Å². The summed E-state index contributed by atoms with van der Waals surface area (Å²) < 4.78 is 29.4. The second kappa shape index (κ2) is 7.35. The van der Waals surface area contributed by atoms with Crippen LogP contribution in [0.25, 0.3) is 5.69 Å². The van der Waals surface area contributed by atoms with E-state index in [1.165, 1.54) is 16.8 Å². The first-order chi connectivity index (χ1) is 14.5. The number of amides is 1. The fraction of sp³-hybridized carbons (Fsp3) is 0.333. The molecule has 0 spiro atoms. The highest BCUT2D eigenvalue weighted by Crippen LogP contribution is 2.54. The molecular formula is C24H23F2N3O. The van der Waals surface area contributed by atoms with Crippen LogP contribution in [-0.2, 0) is 6.42 Å². The molecule has 1 fully saturated rings. The topological polar surface area (TPSA) is 46.9 Å². The van der Waals surface area contributed by atoms with Crippen molar-refractivity contribution in [2.24, 2.45) is 0 Å². The average molecular weight is 407 g/mol. The van der Waals surface area contributed by atoms with Crippen LogP contribution in [0.4, 0.5) is 8.78 Å². The van der Waals surface area contributed by atoms with Gasteiger partial charge in [-0.05, 0) is 56.2 Å². The molecule has 3 aromatic rings. The molecule has 154 valence electrons. The summed E-state index contributed by atoms with van der Waals surface area (Å²) in [4.78, 5) is 13.1. The van der Waals surface area contributed by atoms with Gasteiger partial charge in [-0.3, -0.25) is 4.79 Å². The molecule has 0 aliphatic heterocycles. The van der Waals surface area contributed by atoms with E-state index in [0.717, 1.165) is 42.1 Å². The standard InChI is InChI=1S/C24H23F2N3O/c1-14(11-15-5-3-2-4-6-15)27-24(30)22-21-16-7-8-17(12-16)23(21)29(28-22)20-10-9-18(25)13-19(20)26/h2-6,9-10,13-14,16-17H,7-8,11-12H2,1H3,(H,27,30)/t14-,16?,17?/m0/s1. The molecule has 1 heterocycles. The lowest BCUT2D eigenvalue weighted by Gasteiger charge is -2.15. The summed E-state index contributed by atoms with van der Waals surface area (Å²) in [6, 6.07) is 13.4. The SMILES string of the molecule is C[C@@H](Cc1ccccc1)NC(=O)c1nn(-c2ccc(F)cc2F)c2c1C1CCC2C1. The maximum absolute atomic E-state index is 14.5. The predicted octanol–water partition coefficient (Wildman–Crippen LogP) is 4.88. The van der Waals surface area contributed by atoms with Gasteiger partial charge in [-0.15, -0.1) is 0 Å². The van der Waals surface area contributed by atoms with Crippen molar-refractivity contribution in [2.45, 2.75) is 50.5 Å². The molecular weight excluding hydrogens is 384 g/mol. The summed E-state index contributed by atoms with van der Waals surface area (Å²) in [6.07, 6.45) is 3.72. The van der Waals surface area contributed by atoms with Crippen LogP contribution >= 0.6 is 0 Å². The third kappa shape index (κ3) is 3.20. The molecule has 30 heavy (non-hydrogen) atoms. The van der Waals surface area contributed by atoms with E-state index < -0.39 is 11.6 Å². The zero-order chi connectivity index (χ0) is 20.8. The lowest BCUT2D eigenvalue weighted by Crippen LogP contribution is -2.35. The second-order valence-electron chi connectivity index (χ2n) is 8.43. The molecule has 1 amide bonds. The van der Waals surface area contributed by atoms with E-state index in [9.17, 15) is 13.6 Å². The normalized spacial score (nSPS) is 20.2. The van der Waals surface area contributed by atoms with Crippen molar-refractivity contribution >= 4 is 5.91 Å². The summed E-state index contributed by atoms with van der Waals surface area (Å²) in [5.41, 5.74) is 3.57. The van der Waals surface area contributed by atoms with Gasteiger partial charge in [0.25, 0.3) is 5.91 Å². The summed E-state index contributed by atoms with van der Waals surface area (Å²) in [6.45, 7) is 1.97. The van der Waals surface area contributed by atoms with Gasteiger partial charge in [0, 0.05) is 23.6 Å². The van der Waals surface area contributed by atoms with Gasteiger partial charge in [0.15, 0.2) is 11.5 Å². The van der Waals surface area contributed by atoms with Crippen molar-refractivity contribution < 1.29 is 13.6 Å². The summed E-state index contributed by atoms with van der Waals surface area (Å²) >= 11 is 0. The van der Waals surface area contributed by atoms with E-state index in [-0.39, 0.29) is 29.5 Å². The Kier molecular flexibility index (Phi) is 4.65. The van der Waals surface area contributed by atoms with Gasteiger partial charge in [0.05, 0.1) is 5.69 Å². The third-order valence-corrected chi connectivity index (χ3v) is 6.30. The van der Waals surface area contributed by atoms with E-state index in [0.29, 0.717) is 12.1 Å². The van der Waals surface area contributed by atoms with E-state index in [1.807, 2.05) is 37.3 Å². The molecule has 2 unspecified atom stereocenters. The maximum Gasteiger partial charge on any atom is 0.272 e. The number of carbonyl (C=O) groups excluding carboxylic acids is 1. The van der Waals surface area contributed by atoms with Crippen LogP contribution in [0, 0.1) is 11.6 Å². The minimum atomic E-state index is -0.674. The largest absolute Gasteiger partial charge is 0.348 e. The highest BCUT2D eigenvalue weighted by Gasteiger charge is 2.44. The summed E-state index contributed by atoms with van der Waals surface area (Å²) in [5.74, 6) is -0.983. The number of rotatable bonds is 5. The van der Waals surface area contributed by atoms with Crippen LogP contribution in [-0.4, -0.2) is 21.7 Å². The predicted molar refractivity (Wildman–Crippen MR) is 110 cm³/mol. The van der Waals surface area contributed by atoms with Crippen molar-refractivity contribution in [1.82, 2.24) is 15.1 Å². The number of benzene rings is 2. The molecule has 1 aromatic heterocycles. The maximum atomic E-state index is 14.5. The molecule has 2 bridgehead atoms. The van der Waals surface area contributed by atoms with Crippen LogP contribution in [0.15, 0.2) is 48.5 Å². The number of hydrogen-bond donors (Lipinski definition) is 1. The minimum absolute atomic E-state index is 0.0677. The van der Waals surface area contributed by atoms with Gasteiger partial charge >= 0.3 is 0 Å². The van der Waals surface area contributed by atoms with Crippen molar-refractivity contribution in [1.29, 1.82) is 0 Å². The number of aromatic nitrogens is 2. The Morgan fingerprint density at radius 3 is 2.70 bits per heavy atom. The molecule has 1 saturated carbocycles. The lowest BCUT2D eigenvalue weighted by atomic mass is 9.95. The number of fused-ring (bicyclic) bond motifs is 5. The van der Waals surface area contributed by atoms with Gasteiger partial charge in [-0.1, -0.05) is 30.3 Å². The first-order valence-electron chi connectivity index (χ1n) is 10.4. The number of hydrogen-bond acceptors (Lipinski definition) is 2. The first-order valence-corrected chi connectivity index (χ1v) is 10.4. The van der Waals surface area contributed by atoms with Crippen LogP contribution in [0.5, 0.6) is 0 Å². The summed E-state index contributed by atoms with van der Waals surface area (Å²) in [5, 5.41) is 7.59. The van der Waals surface area contributed by atoms with Crippen LogP contribution in [0.1, 0.15) is 65.3 Å². The number of halogens is 2. The molecule has 6 heteroatoms. The van der Waals surface area contributed by atoms with Crippen molar-refractivity contribution in [3.63, 3.8) is 0 Å². The molecule has 2 aromatic carbocycles. The molecule has 0 radical (unpaired) electrons. The molecule has 5 rings (SSSR count). The first kappa shape index (κ1) is 19.0. The zero-order valence-electron chi connectivity index (χ0n) is 16.7. The highest BCUT2D eigenvalue weighted by atomic mass is 19.1. The Labute approximate surface area is 173 Å². The quantitative estimate of drug-likeness (QED) is 0.656. The van der Waals surface area contributed by atoms with Crippen molar-refractivity contribution in [3.8, 4) is 5.69 Å². The molecule has 0 saturated heterocycles. The number of nitrogens with zero attached hydrogens (tertiary/aromatic N) is 2. The third-order valence-electron chi connectivity index (χ3n) is 6.30. The fourth-order valence-corrected chi connectivity index (χ4v) is 5.05. The Morgan fingerprint density at radius 2 is 1.93 bits per heavy atom. The molecule has 4 nitrogen and oxygen atoms in total. The highest BCUT2D eigenvalue weighted by molar-refractivity contribution is 5.95. The number of carbonyl (C=O) groups is 1. The van der Waals surface area contributed by atoms with Crippen molar-refractivity contribution in [3.05, 3.63) is 82.7 Å². The van der Waals surface area contributed by atoms with Gasteiger partial charge < -0.3 is 5.32 Å². The smallest absolute Gasteiger partial charge is 0.272 e. The van der Waals surface area contributed by atoms with Gasteiger partial charge in [-0.25, -0.2) is 13.5 Å². The van der Waals surface area contributed by atoms with E-state index >= 15 is 0 Å². The average Bonchev–Trinajstić information content (AvgIpc) is 3.41. The van der Waals surface area contributed by atoms with E-state index in [4.69, 9.17) is 0 Å². The van der Waals surface area contributed by atoms with E-state index in [1.54, 1.807) is 0 Å². The summed E-state index contributed by atoms with van der Waals surface area (Å²) in [7, 11) is 0. The molecule has 3 atom stereocenters. The van der Waals surface area contributed by atoms with Crippen LogP contribution in [0.3, 0.4) is 0 Å². The van der Waals surface area contributed by atoms with Gasteiger partial charge in [0.2, 0.25) is 0 Å².